The zero-order chi connectivity index (χ0) is 19.5. The molecule has 0 aromatic heterocycles. The molecule has 1 atom stereocenters. The molecule has 0 saturated carbocycles. The largest absolute Gasteiger partial charge is 0.295 e. The Morgan fingerprint density at radius 1 is 0.963 bits per heavy atom. The molecule has 0 spiro atoms. The first kappa shape index (κ1) is 17.4. The molecule has 1 saturated heterocycles. The average molecular weight is 364 g/mol. The summed E-state index contributed by atoms with van der Waals surface area (Å²) in [6.07, 6.45) is 0.251. The van der Waals surface area contributed by atoms with E-state index in [0.717, 1.165) is 15.8 Å². The van der Waals surface area contributed by atoms with Crippen molar-refractivity contribution in [2.75, 3.05) is 0 Å². The maximum absolute atomic E-state index is 13.1. The van der Waals surface area contributed by atoms with Crippen LogP contribution in [0.25, 0.3) is 10.8 Å². The number of amides is 4. The van der Waals surface area contributed by atoms with Gasteiger partial charge in [0.25, 0.3) is 11.8 Å². The second-order valence-electron chi connectivity index (χ2n) is 8.09. The normalized spacial score (nSPS) is 20.3. The number of benzene rings is 2. The Morgan fingerprint density at radius 2 is 1.63 bits per heavy atom. The number of nitrogens with zero attached hydrogens (tertiary/aromatic N) is 1. The predicted octanol–water partition coefficient (Wildman–Crippen LogP) is 2.54. The lowest BCUT2D eigenvalue weighted by Gasteiger charge is -2.35. The summed E-state index contributed by atoms with van der Waals surface area (Å²) in [6.45, 7) is 6.25. The van der Waals surface area contributed by atoms with Crippen LogP contribution in [0.1, 0.15) is 59.9 Å². The van der Waals surface area contributed by atoms with Gasteiger partial charge in [0.1, 0.15) is 6.04 Å². The summed E-state index contributed by atoms with van der Waals surface area (Å²) in [7, 11) is 0. The second kappa shape index (κ2) is 5.74. The molecule has 2 aliphatic heterocycles. The lowest BCUT2D eigenvalue weighted by atomic mass is 9.80. The van der Waals surface area contributed by atoms with E-state index in [1.807, 2.05) is 12.1 Å². The highest BCUT2D eigenvalue weighted by molar-refractivity contribution is 6.27. The molecule has 2 heterocycles. The van der Waals surface area contributed by atoms with Crippen LogP contribution in [0.3, 0.4) is 0 Å². The van der Waals surface area contributed by atoms with Crippen LogP contribution in [0.4, 0.5) is 0 Å². The summed E-state index contributed by atoms with van der Waals surface area (Å²) in [5.74, 6) is -1.96. The van der Waals surface area contributed by atoms with E-state index in [1.165, 1.54) is 0 Å². The first-order valence-electron chi connectivity index (χ1n) is 8.98. The van der Waals surface area contributed by atoms with Crippen LogP contribution in [-0.4, -0.2) is 34.6 Å². The summed E-state index contributed by atoms with van der Waals surface area (Å²) in [5, 5.41) is 3.74. The number of piperidine rings is 1. The molecule has 27 heavy (non-hydrogen) atoms. The molecule has 0 aliphatic carbocycles. The Hall–Kier alpha value is -3.02. The molecule has 138 valence electrons. The molecule has 1 fully saturated rings. The minimum Gasteiger partial charge on any atom is -0.295 e. The van der Waals surface area contributed by atoms with Crippen LogP contribution >= 0.6 is 0 Å². The molecule has 6 nitrogen and oxygen atoms in total. The molecule has 6 heteroatoms. The van der Waals surface area contributed by atoms with Gasteiger partial charge in [-0.1, -0.05) is 39.0 Å². The second-order valence-corrected chi connectivity index (χ2v) is 8.09. The predicted molar refractivity (Wildman–Crippen MR) is 99.3 cm³/mol. The van der Waals surface area contributed by atoms with E-state index in [1.54, 1.807) is 18.2 Å². The number of nitrogens with one attached hydrogen (secondary N) is 1. The van der Waals surface area contributed by atoms with Gasteiger partial charge in [0.05, 0.1) is 0 Å². The van der Waals surface area contributed by atoms with E-state index < -0.39 is 23.8 Å². The monoisotopic (exact) mass is 364 g/mol. The van der Waals surface area contributed by atoms with E-state index >= 15 is 0 Å². The van der Waals surface area contributed by atoms with Gasteiger partial charge in [-0.3, -0.25) is 29.4 Å². The van der Waals surface area contributed by atoms with Gasteiger partial charge in [0, 0.05) is 22.9 Å². The van der Waals surface area contributed by atoms with Crippen LogP contribution in [-0.2, 0) is 15.0 Å². The Balaban J connectivity index is 1.90. The number of imide groups is 2. The first-order valence-corrected chi connectivity index (χ1v) is 8.98. The van der Waals surface area contributed by atoms with Crippen molar-refractivity contribution in [3.8, 4) is 0 Å². The number of hydrogen-bond acceptors (Lipinski definition) is 4. The highest BCUT2D eigenvalue weighted by Gasteiger charge is 2.42. The lowest BCUT2D eigenvalue weighted by molar-refractivity contribution is -0.136. The molecule has 0 bridgehead atoms. The van der Waals surface area contributed by atoms with Crippen LogP contribution in [0.2, 0.25) is 0 Å². The van der Waals surface area contributed by atoms with E-state index in [0.29, 0.717) is 16.5 Å². The standard InChI is InChI=1S/C21H20N2O4/c1-21(2,3)14-8-7-13-17-11(14)5-4-6-12(17)19(26)23(20(13)27)15-9-10-16(24)22-18(15)25/h4-8,15H,9-10H2,1-3H3,(H,22,24,25). The number of carbonyl (C=O) groups excluding carboxylic acids is 4. The van der Waals surface area contributed by atoms with E-state index in [-0.39, 0.29) is 24.2 Å². The van der Waals surface area contributed by atoms with Crippen molar-refractivity contribution in [1.29, 1.82) is 0 Å². The topological polar surface area (TPSA) is 83.6 Å². The van der Waals surface area contributed by atoms with Gasteiger partial charge in [-0.2, -0.15) is 0 Å². The van der Waals surface area contributed by atoms with E-state index in [2.05, 4.69) is 26.1 Å². The van der Waals surface area contributed by atoms with Crippen molar-refractivity contribution in [1.82, 2.24) is 10.2 Å². The van der Waals surface area contributed by atoms with E-state index in [9.17, 15) is 19.2 Å². The third-order valence-electron chi connectivity index (χ3n) is 5.27. The highest BCUT2D eigenvalue weighted by Crippen LogP contribution is 2.37. The minimum atomic E-state index is -0.964. The smallest absolute Gasteiger partial charge is 0.262 e. The van der Waals surface area contributed by atoms with Crippen LogP contribution in [0.5, 0.6) is 0 Å². The average Bonchev–Trinajstić information content (AvgIpc) is 2.60. The Labute approximate surface area is 156 Å². The molecular weight excluding hydrogens is 344 g/mol. The zero-order valence-electron chi connectivity index (χ0n) is 15.5. The Bertz CT molecular complexity index is 1010. The van der Waals surface area contributed by atoms with Gasteiger partial charge < -0.3 is 0 Å². The summed E-state index contributed by atoms with van der Waals surface area (Å²) < 4.78 is 0. The van der Waals surface area contributed by atoms with Gasteiger partial charge in [-0.05, 0) is 34.9 Å². The highest BCUT2D eigenvalue weighted by atomic mass is 16.2. The third kappa shape index (κ3) is 2.55. The molecule has 4 rings (SSSR count). The van der Waals surface area contributed by atoms with Crippen molar-refractivity contribution >= 4 is 34.4 Å². The zero-order valence-corrected chi connectivity index (χ0v) is 15.5. The van der Waals surface area contributed by atoms with Gasteiger partial charge in [0.15, 0.2) is 0 Å². The van der Waals surface area contributed by atoms with Crippen molar-refractivity contribution < 1.29 is 19.2 Å². The number of carbonyl (C=O) groups is 4. The van der Waals surface area contributed by atoms with Crippen molar-refractivity contribution in [2.45, 2.75) is 45.1 Å². The number of rotatable bonds is 1. The quantitative estimate of drug-likeness (QED) is 0.788. The maximum atomic E-state index is 13.1. The molecule has 1 N–H and O–H groups in total. The SMILES string of the molecule is CC(C)(C)c1ccc2c3c(cccc13)C(=O)N(C1CCC(=O)NC1=O)C2=O. The summed E-state index contributed by atoms with van der Waals surface area (Å²) in [6, 6.07) is 8.09. The molecule has 2 aliphatic rings. The van der Waals surface area contributed by atoms with Gasteiger partial charge in [-0.15, -0.1) is 0 Å². The van der Waals surface area contributed by atoms with Crippen molar-refractivity contribution in [3.63, 3.8) is 0 Å². The van der Waals surface area contributed by atoms with Crippen LogP contribution < -0.4 is 5.32 Å². The Kier molecular flexibility index (Phi) is 3.70. The third-order valence-corrected chi connectivity index (χ3v) is 5.27. The number of hydrogen-bond donors (Lipinski definition) is 1. The molecule has 2 aromatic rings. The van der Waals surface area contributed by atoms with Crippen LogP contribution in [0, 0.1) is 0 Å². The molecular formula is C21H20N2O4. The summed E-state index contributed by atoms with van der Waals surface area (Å²) >= 11 is 0. The minimum absolute atomic E-state index is 0.105. The molecule has 4 amide bonds. The fourth-order valence-corrected chi connectivity index (χ4v) is 3.98. The van der Waals surface area contributed by atoms with Gasteiger partial charge in [0.2, 0.25) is 11.8 Å². The Morgan fingerprint density at radius 3 is 2.26 bits per heavy atom. The molecule has 2 aromatic carbocycles. The van der Waals surface area contributed by atoms with Crippen LogP contribution in [0.15, 0.2) is 30.3 Å². The molecule has 1 unspecified atom stereocenters. The van der Waals surface area contributed by atoms with E-state index in [4.69, 9.17) is 0 Å². The molecule has 0 radical (unpaired) electrons. The first-order chi connectivity index (χ1) is 12.7. The lowest BCUT2D eigenvalue weighted by Crippen LogP contribution is -2.57. The fourth-order valence-electron chi connectivity index (χ4n) is 3.98. The summed E-state index contributed by atoms with van der Waals surface area (Å²) in [4.78, 5) is 51.0. The summed E-state index contributed by atoms with van der Waals surface area (Å²) in [5.41, 5.74) is 1.73. The van der Waals surface area contributed by atoms with Crippen molar-refractivity contribution in [3.05, 3.63) is 47.0 Å². The van der Waals surface area contributed by atoms with Gasteiger partial charge >= 0.3 is 0 Å². The fraction of sp³-hybridized carbons (Fsp3) is 0.333. The maximum Gasteiger partial charge on any atom is 0.262 e. The van der Waals surface area contributed by atoms with Crippen molar-refractivity contribution in [2.24, 2.45) is 0 Å². The van der Waals surface area contributed by atoms with Gasteiger partial charge in [-0.25, -0.2) is 0 Å².